The number of esters is 1. The minimum Gasteiger partial charge on any atom is -0.466 e. The van der Waals surface area contributed by atoms with Gasteiger partial charge in [-0.1, -0.05) is 320 Å². The van der Waals surface area contributed by atoms with E-state index in [2.05, 4.69) is 43.5 Å². The summed E-state index contributed by atoms with van der Waals surface area (Å²) in [4.78, 5) is 24.6. The van der Waals surface area contributed by atoms with Gasteiger partial charge >= 0.3 is 5.97 Å². The lowest BCUT2D eigenvalue weighted by Gasteiger charge is -2.20. The van der Waals surface area contributed by atoms with Crippen molar-refractivity contribution in [2.45, 2.75) is 366 Å². The molecule has 0 aromatic heterocycles. The molecule has 0 aromatic rings. The number of amides is 1. The number of hydrogen-bond donors (Lipinski definition) is 3. The third-order valence-electron chi connectivity index (χ3n) is 15.1. The van der Waals surface area contributed by atoms with Crippen LogP contribution in [0.1, 0.15) is 354 Å². The normalized spacial score (nSPS) is 12.8. The number of aliphatic hydroxyl groups is 2. The summed E-state index contributed by atoms with van der Waals surface area (Å²) < 4.78 is 5.47. The Hall–Kier alpha value is -1.92. The van der Waals surface area contributed by atoms with Gasteiger partial charge in [0.05, 0.1) is 25.4 Å². The maximum absolute atomic E-state index is 12.5. The van der Waals surface area contributed by atoms with Crippen molar-refractivity contribution >= 4 is 11.9 Å². The van der Waals surface area contributed by atoms with Crippen molar-refractivity contribution < 1.29 is 24.5 Å². The molecule has 0 rings (SSSR count). The molecule has 73 heavy (non-hydrogen) atoms. The van der Waals surface area contributed by atoms with Gasteiger partial charge in [0.1, 0.15) is 0 Å². The standard InChI is InChI=1S/C67H127NO5/c1-3-5-7-9-11-13-15-17-18-19-20-21-22-23-24-25-26-29-32-36-39-43-47-51-55-59-65(70)64(63-69)68-66(71)60-56-52-48-44-40-37-33-30-27-28-31-34-38-42-46-50-54-58-62-73-67(72)61-57-53-49-45-41-35-16-14-12-10-8-6-4-2/h8,10,14,16,55,59,64-65,69-70H,3-7,9,11-13,15,17-54,56-58,60-63H2,1-2H3,(H,68,71)/b10-8-,16-14-,59-55+. The van der Waals surface area contributed by atoms with Crippen LogP contribution >= 0.6 is 0 Å². The van der Waals surface area contributed by atoms with Crippen LogP contribution in [0.25, 0.3) is 0 Å². The van der Waals surface area contributed by atoms with Crippen molar-refractivity contribution in [1.82, 2.24) is 5.32 Å². The number of carbonyl (C=O) groups excluding carboxylic acids is 2. The Balaban J connectivity index is 3.45. The van der Waals surface area contributed by atoms with Crippen LogP contribution in [0.2, 0.25) is 0 Å². The zero-order valence-corrected chi connectivity index (χ0v) is 49.1. The molecule has 0 saturated heterocycles. The van der Waals surface area contributed by atoms with Crippen LogP contribution in [-0.4, -0.2) is 47.4 Å². The monoisotopic (exact) mass is 1030 g/mol. The highest BCUT2D eigenvalue weighted by molar-refractivity contribution is 5.76. The van der Waals surface area contributed by atoms with E-state index >= 15 is 0 Å². The van der Waals surface area contributed by atoms with Crippen LogP contribution in [0.5, 0.6) is 0 Å². The van der Waals surface area contributed by atoms with Crippen molar-refractivity contribution in [1.29, 1.82) is 0 Å². The van der Waals surface area contributed by atoms with E-state index in [9.17, 15) is 19.8 Å². The highest BCUT2D eigenvalue weighted by atomic mass is 16.5. The molecular formula is C67H127NO5. The molecule has 0 bridgehead atoms. The molecule has 430 valence electrons. The van der Waals surface area contributed by atoms with E-state index in [4.69, 9.17) is 4.74 Å². The van der Waals surface area contributed by atoms with Gasteiger partial charge in [0, 0.05) is 12.8 Å². The van der Waals surface area contributed by atoms with Crippen LogP contribution in [0.3, 0.4) is 0 Å². The lowest BCUT2D eigenvalue weighted by atomic mass is 10.0. The molecule has 1 amide bonds. The summed E-state index contributed by atoms with van der Waals surface area (Å²) in [6.45, 7) is 4.85. The minimum absolute atomic E-state index is 0.00840. The Morgan fingerprint density at radius 3 is 1.10 bits per heavy atom. The molecule has 0 spiro atoms. The fourth-order valence-corrected chi connectivity index (χ4v) is 10.1. The quantitative estimate of drug-likeness (QED) is 0.0320. The molecule has 6 heteroatoms. The number of hydrogen-bond acceptors (Lipinski definition) is 5. The number of allylic oxidation sites excluding steroid dienone is 5. The summed E-state index contributed by atoms with van der Waals surface area (Å²) in [6, 6.07) is -0.633. The van der Waals surface area contributed by atoms with Gasteiger partial charge in [-0.2, -0.15) is 0 Å². The van der Waals surface area contributed by atoms with Gasteiger partial charge in [0.25, 0.3) is 0 Å². The zero-order valence-electron chi connectivity index (χ0n) is 49.1. The molecule has 0 fully saturated rings. The van der Waals surface area contributed by atoms with Crippen LogP contribution in [0.4, 0.5) is 0 Å². The van der Waals surface area contributed by atoms with E-state index < -0.39 is 12.1 Å². The number of nitrogens with one attached hydrogen (secondary N) is 1. The van der Waals surface area contributed by atoms with Gasteiger partial charge in [-0.3, -0.25) is 9.59 Å². The van der Waals surface area contributed by atoms with Crippen LogP contribution in [-0.2, 0) is 14.3 Å². The zero-order chi connectivity index (χ0) is 52.9. The molecule has 2 unspecified atom stereocenters. The average molecular weight is 1030 g/mol. The maximum atomic E-state index is 12.5. The topological polar surface area (TPSA) is 95.9 Å². The largest absolute Gasteiger partial charge is 0.466 e. The Kier molecular flexibility index (Phi) is 61.0. The number of carbonyl (C=O) groups is 2. The van der Waals surface area contributed by atoms with Crippen molar-refractivity contribution in [2.24, 2.45) is 0 Å². The molecule has 3 N–H and O–H groups in total. The number of rotatable bonds is 61. The fourth-order valence-electron chi connectivity index (χ4n) is 10.1. The molecule has 0 saturated carbocycles. The first-order chi connectivity index (χ1) is 36.0. The molecule has 6 nitrogen and oxygen atoms in total. The lowest BCUT2D eigenvalue weighted by Crippen LogP contribution is -2.45. The second kappa shape index (κ2) is 62.6. The molecule has 0 aromatic carbocycles. The molecule has 0 radical (unpaired) electrons. The third kappa shape index (κ3) is 59.2. The molecule has 0 aliphatic rings. The first-order valence-corrected chi connectivity index (χ1v) is 32.8. The first-order valence-electron chi connectivity index (χ1n) is 32.8. The van der Waals surface area contributed by atoms with E-state index in [-0.39, 0.29) is 18.5 Å². The van der Waals surface area contributed by atoms with Gasteiger partial charge in [0.2, 0.25) is 5.91 Å². The second-order valence-corrected chi connectivity index (χ2v) is 22.5. The predicted molar refractivity (Wildman–Crippen MR) is 319 cm³/mol. The highest BCUT2D eigenvalue weighted by Crippen LogP contribution is 2.18. The third-order valence-corrected chi connectivity index (χ3v) is 15.1. The van der Waals surface area contributed by atoms with E-state index in [0.717, 1.165) is 51.4 Å². The summed E-state index contributed by atoms with van der Waals surface area (Å²) in [7, 11) is 0. The van der Waals surface area contributed by atoms with E-state index in [0.29, 0.717) is 19.4 Å². The summed E-state index contributed by atoms with van der Waals surface area (Å²) in [5.74, 6) is -0.0773. The Bertz CT molecular complexity index is 1180. The SMILES string of the molecule is CCC/C=C\C/C=C\CCCCCCCC(=O)OCCCCCCCCCCCCCCCCCCCCC(=O)NC(CO)C(O)/C=C/CCCCCCCCCCCCCCCCCCCCCCCCC. The van der Waals surface area contributed by atoms with Crippen molar-refractivity contribution in [3.63, 3.8) is 0 Å². The molecule has 0 aliphatic carbocycles. The Morgan fingerprint density at radius 2 is 0.712 bits per heavy atom. The van der Waals surface area contributed by atoms with Gasteiger partial charge in [-0.15, -0.1) is 0 Å². The van der Waals surface area contributed by atoms with Crippen molar-refractivity contribution in [3.05, 3.63) is 36.5 Å². The van der Waals surface area contributed by atoms with E-state index in [1.165, 1.54) is 276 Å². The molecule has 2 atom stereocenters. The summed E-state index contributed by atoms with van der Waals surface area (Å²) in [6.07, 6.45) is 79.1. The fraction of sp³-hybridized carbons (Fsp3) is 0.881. The van der Waals surface area contributed by atoms with Crippen LogP contribution < -0.4 is 5.32 Å². The van der Waals surface area contributed by atoms with Gasteiger partial charge in [-0.25, -0.2) is 0 Å². The Morgan fingerprint density at radius 1 is 0.384 bits per heavy atom. The van der Waals surface area contributed by atoms with Crippen LogP contribution in [0, 0.1) is 0 Å². The number of unbranched alkanes of at least 4 members (excludes halogenated alkanes) is 46. The molecule has 0 heterocycles. The number of aliphatic hydroxyl groups excluding tert-OH is 2. The summed E-state index contributed by atoms with van der Waals surface area (Å²) in [5, 5.41) is 23.3. The minimum atomic E-state index is -0.849. The smallest absolute Gasteiger partial charge is 0.305 e. The van der Waals surface area contributed by atoms with E-state index in [1.807, 2.05) is 6.08 Å². The van der Waals surface area contributed by atoms with Crippen molar-refractivity contribution in [3.8, 4) is 0 Å². The highest BCUT2D eigenvalue weighted by Gasteiger charge is 2.18. The van der Waals surface area contributed by atoms with E-state index in [1.54, 1.807) is 6.08 Å². The first kappa shape index (κ1) is 71.1. The van der Waals surface area contributed by atoms with Crippen molar-refractivity contribution in [2.75, 3.05) is 13.2 Å². The summed E-state index contributed by atoms with van der Waals surface area (Å²) >= 11 is 0. The van der Waals surface area contributed by atoms with Gasteiger partial charge in [-0.05, 0) is 57.8 Å². The average Bonchev–Trinajstić information content (AvgIpc) is 3.39. The predicted octanol–water partition coefficient (Wildman–Crippen LogP) is 20.8. The second-order valence-electron chi connectivity index (χ2n) is 22.5. The van der Waals surface area contributed by atoms with Gasteiger partial charge in [0.15, 0.2) is 0 Å². The van der Waals surface area contributed by atoms with Gasteiger partial charge < -0.3 is 20.3 Å². The maximum Gasteiger partial charge on any atom is 0.305 e. The summed E-state index contributed by atoms with van der Waals surface area (Å²) in [5.41, 5.74) is 0. The van der Waals surface area contributed by atoms with Crippen LogP contribution in [0.15, 0.2) is 36.5 Å². The number of ether oxygens (including phenoxy) is 1. The Labute approximate surface area is 455 Å². The lowest BCUT2D eigenvalue weighted by molar-refractivity contribution is -0.143. The molecule has 0 aliphatic heterocycles. The molecular weight excluding hydrogens is 899 g/mol.